The highest BCUT2D eigenvalue weighted by atomic mass is 16.7. The summed E-state index contributed by atoms with van der Waals surface area (Å²) in [5.41, 5.74) is 0.818. The van der Waals surface area contributed by atoms with E-state index in [0.29, 0.717) is 36.9 Å². The Morgan fingerprint density at radius 3 is 2.40 bits per heavy atom. The zero-order valence-corrected chi connectivity index (χ0v) is 25.0. The molecule has 5 fully saturated rings. The van der Waals surface area contributed by atoms with E-state index >= 15 is 0 Å². The summed E-state index contributed by atoms with van der Waals surface area (Å²) in [6.07, 6.45) is 9.62. The highest BCUT2D eigenvalue weighted by molar-refractivity contribution is 5.84. The molecule has 1 saturated heterocycles. The summed E-state index contributed by atoms with van der Waals surface area (Å²) < 4.78 is 22.2. The lowest BCUT2D eigenvalue weighted by Gasteiger charge is -2.57. The molecule has 10 heteroatoms. The topological polar surface area (TPSA) is 96.7 Å². The van der Waals surface area contributed by atoms with Crippen molar-refractivity contribution < 1.29 is 28.2 Å². The molecule has 8 rings (SSSR count). The van der Waals surface area contributed by atoms with E-state index in [2.05, 4.69) is 10.2 Å². The molecule has 0 radical (unpaired) electrons. The fraction of sp³-hybridized carbons (Fsp3) is 0.636. The molecule has 232 valence electrons. The van der Waals surface area contributed by atoms with E-state index < -0.39 is 0 Å². The smallest absolute Gasteiger partial charge is 0.318 e. The summed E-state index contributed by atoms with van der Waals surface area (Å²) in [4.78, 5) is 34.0. The molecule has 6 aliphatic rings. The number of nitrogens with zero attached hydrogens (tertiary/aromatic N) is 3. The molecular formula is C33H44N4O6. The predicted molar refractivity (Wildman–Crippen MR) is 158 cm³/mol. The van der Waals surface area contributed by atoms with Gasteiger partial charge in [-0.15, -0.1) is 0 Å². The average molecular weight is 593 g/mol. The van der Waals surface area contributed by atoms with Gasteiger partial charge in [0.05, 0.1) is 26.0 Å². The van der Waals surface area contributed by atoms with E-state index in [4.69, 9.17) is 18.6 Å². The Morgan fingerprint density at radius 1 is 0.930 bits per heavy atom. The number of furan rings is 1. The highest BCUT2D eigenvalue weighted by Gasteiger charge is 2.52. The first-order chi connectivity index (χ1) is 21.0. The van der Waals surface area contributed by atoms with Crippen molar-refractivity contribution in [3.63, 3.8) is 0 Å². The molecule has 1 aromatic carbocycles. The van der Waals surface area contributed by atoms with Gasteiger partial charge in [0.25, 0.3) is 0 Å². The first-order valence-electron chi connectivity index (χ1n) is 16.1. The molecule has 10 nitrogen and oxygen atoms in total. The maximum absolute atomic E-state index is 14.0. The lowest BCUT2D eigenvalue weighted by Crippen LogP contribution is -2.62. The van der Waals surface area contributed by atoms with Crippen molar-refractivity contribution in [2.75, 3.05) is 52.7 Å². The van der Waals surface area contributed by atoms with Crippen molar-refractivity contribution in [3.05, 3.63) is 47.9 Å². The third-order valence-electron chi connectivity index (χ3n) is 10.1. The average Bonchev–Trinajstić information content (AvgIpc) is 3.68. The molecule has 2 aromatic rings. The van der Waals surface area contributed by atoms with E-state index in [1.807, 2.05) is 30.3 Å². The van der Waals surface area contributed by atoms with Crippen LogP contribution in [-0.4, -0.2) is 84.9 Å². The van der Waals surface area contributed by atoms with Gasteiger partial charge in [-0.2, -0.15) is 0 Å². The van der Waals surface area contributed by atoms with Gasteiger partial charge < -0.3 is 33.7 Å². The third kappa shape index (κ3) is 6.65. The van der Waals surface area contributed by atoms with Gasteiger partial charge in [0.1, 0.15) is 12.3 Å². The minimum absolute atomic E-state index is 0.0204. The summed E-state index contributed by atoms with van der Waals surface area (Å²) in [7, 11) is 0. The lowest BCUT2D eigenvalue weighted by atomic mass is 9.53. The zero-order chi connectivity index (χ0) is 29.2. The molecule has 0 spiro atoms. The Hall–Kier alpha value is -3.24. The third-order valence-corrected chi connectivity index (χ3v) is 10.1. The van der Waals surface area contributed by atoms with Crippen molar-refractivity contribution in [3.8, 4) is 11.5 Å². The number of nitrogens with one attached hydrogen (secondary N) is 1. The van der Waals surface area contributed by atoms with Crippen molar-refractivity contribution in [2.45, 2.75) is 63.6 Å². The van der Waals surface area contributed by atoms with Crippen LogP contribution in [0.2, 0.25) is 0 Å². The van der Waals surface area contributed by atoms with E-state index in [0.717, 1.165) is 81.8 Å². The van der Waals surface area contributed by atoms with Gasteiger partial charge in [0, 0.05) is 38.3 Å². The second-order valence-corrected chi connectivity index (χ2v) is 13.4. The standard InChI is InChI=1S/C33H44N4O6/c38-31(37(21-28-3-1-10-41-28)20-24-4-5-29-30(16-24)43-23-42-29)22-36(7-2-6-35-8-11-40-12-9-35)32(39)34-33-17-25-13-26(18-33)15-27(14-25)19-33/h1,3-5,10,16,25-27H,2,6-9,11-15,17-23H2,(H,34,39). The quantitative estimate of drug-likeness (QED) is 0.417. The van der Waals surface area contributed by atoms with Gasteiger partial charge in [-0.05, 0) is 92.5 Å². The van der Waals surface area contributed by atoms with E-state index in [-0.39, 0.29) is 30.8 Å². The number of hydrogen-bond donors (Lipinski definition) is 1. The van der Waals surface area contributed by atoms with Crippen LogP contribution in [0.4, 0.5) is 4.79 Å². The van der Waals surface area contributed by atoms with Crippen LogP contribution < -0.4 is 14.8 Å². The SMILES string of the molecule is O=C(CN(CCCN1CCOCC1)C(=O)NC12CC3CC(CC(C3)C1)C2)N(Cc1ccc2c(c1)OCO2)Cc1ccco1. The number of fused-ring (bicyclic) bond motifs is 1. The molecule has 4 aliphatic carbocycles. The second kappa shape index (κ2) is 12.4. The molecule has 1 N–H and O–H groups in total. The maximum atomic E-state index is 14.0. The Morgan fingerprint density at radius 2 is 1.67 bits per heavy atom. The van der Waals surface area contributed by atoms with E-state index in [9.17, 15) is 9.59 Å². The van der Waals surface area contributed by atoms with Crippen molar-refractivity contribution in [1.29, 1.82) is 0 Å². The number of hydrogen-bond acceptors (Lipinski definition) is 7. The molecular weight excluding hydrogens is 548 g/mol. The molecule has 0 unspecified atom stereocenters. The Balaban J connectivity index is 1.06. The van der Waals surface area contributed by atoms with Crippen LogP contribution in [0.3, 0.4) is 0 Å². The summed E-state index contributed by atoms with van der Waals surface area (Å²) in [6.45, 7) is 5.62. The first-order valence-corrected chi connectivity index (χ1v) is 16.1. The van der Waals surface area contributed by atoms with Crippen molar-refractivity contribution in [2.24, 2.45) is 17.8 Å². The molecule has 43 heavy (non-hydrogen) atoms. The molecule has 0 atom stereocenters. The maximum Gasteiger partial charge on any atom is 0.318 e. The number of benzene rings is 1. The fourth-order valence-electron chi connectivity index (χ4n) is 8.48. The molecule has 1 aromatic heterocycles. The number of rotatable bonds is 11. The predicted octanol–water partition coefficient (Wildman–Crippen LogP) is 4.24. The fourth-order valence-corrected chi connectivity index (χ4v) is 8.48. The molecule has 3 amide bonds. The number of urea groups is 1. The lowest BCUT2D eigenvalue weighted by molar-refractivity contribution is -0.133. The molecule has 3 heterocycles. The van der Waals surface area contributed by atoms with Gasteiger partial charge in [-0.1, -0.05) is 6.07 Å². The Bertz CT molecular complexity index is 1240. The van der Waals surface area contributed by atoms with Crippen molar-refractivity contribution >= 4 is 11.9 Å². The monoisotopic (exact) mass is 592 g/mol. The summed E-state index contributed by atoms with van der Waals surface area (Å²) >= 11 is 0. The Kier molecular flexibility index (Phi) is 8.23. The first kappa shape index (κ1) is 28.5. The van der Waals surface area contributed by atoms with Gasteiger partial charge in [0.15, 0.2) is 11.5 Å². The van der Waals surface area contributed by atoms with E-state index in [1.54, 1.807) is 16.1 Å². The Labute approximate surface area is 253 Å². The zero-order valence-electron chi connectivity index (χ0n) is 25.0. The second-order valence-electron chi connectivity index (χ2n) is 13.4. The van der Waals surface area contributed by atoms with Gasteiger partial charge >= 0.3 is 6.03 Å². The van der Waals surface area contributed by atoms with Crippen LogP contribution in [-0.2, 0) is 22.6 Å². The summed E-state index contributed by atoms with van der Waals surface area (Å²) in [5, 5.41) is 3.51. The van der Waals surface area contributed by atoms with Crippen LogP contribution in [0.1, 0.15) is 56.3 Å². The molecule has 4 bridgehead atoms. The van der Waals surface area contributed by atoms with Gasteiger partial charge in [-0.25, -0.2) is 4.79 Å². The van der Waals surface area contributed by atoms with Crippen LogP contribution in [0, 0.1) is 17.8 Å². The number of morpholine rings is 1. The number of carbonyl (C=O) groups excluding carboxylic acids is 2. The highest BCUT2D eigenvalue weighted by Crippen LogP contribution is 2.55. The minimum atomic E-state index is -0.113. The molecule has 2 aliphatic heterocycles. The number of ether oxygens (including phenoxy) is 3. The number of carbonyl (C=O) groups is 2. The van der Waals surface area contributed by atoms with Crippen LogP contribution in [0.15, 0.2) is 41.0 Å². The summed E-state index contributed by atoms with van der Waals surface area (Å²) in [5.74, 6) is 4.17. The molecule has 4 saturated carbocycles. The largest absolute Gasteiger partial charge is 0.467 e. The van der Waals surface area contributed by atoms with Crippen LogP contribution in [0.5, 0.6) is 11.5 Å². The minimum Gasteiger partial charge on any atom is -0.467 e. The van der Waals surface area contributed by atoms with E-state index in [1.165, 1.54) is 19.3 Å². The van der Waals surface area contributed by atoms with Gasteiger partial charge in [0.2, 0.25) is 12.7 Å². The summed E-state index contributed by atoms with van der Waals surface area (Å²) in [6, 6.07) is 9.36. The van der Waals surface area contributed by atoms with Crippen molar-refractivity contribution in [1.82, 2.24) is 20.0 Å². The number of amides is 3. The van der Waals surface area contributed by atoms with Crippen LogP contribution in [0.25, 0.3) is 0 Å². The van der Waals surface area contributed by atoms with Crippen LogP contribution >= 0.6 is 0 Å². The van der Waals surface area contributed by atoms with Gasteiger partial charge in [-0.3, -0.25) is 9.69 Å². The normalized spacial score (nSPS) is 27.3.